The van der Waals surface area contributed by atoms with Gasteiger partial charge in [-0.1, -0.05) is 62.2 Å². The number of carbonyl (C=O) groups excluding carboxylic acids is 1. The van der Waals surface area contributed by atoms with Gasteiger partial charge in [-0.2, -0.15) is 0 Å². The molecule has 0 saturated carbocycles. The number of nitrogens with one attached hydrogen (secondary N) is 1. The first-order chi connectivity index (χ1) is 9.83. The lowest BCUT2D eigenvalue weighted by atomic mass is 10.1. The van der Waals surface area contributed by atoms with Crippen molar-refractivity contribution in [3.05, 3.63) is 48.0 Å². The van der Waals surface area contributed by atoms with Crippen molar-refractivity contribution in [1.29, 1.82) is 0 Å². The lowest BCUT2D eigenvalue weighted by molar-refractivity contribution is -0.120. The summed E-state index contributed by atoms with van der Waals surface area (Å²) in [6.07, 6.45) is 11.6. The summed E-state index contributed by atoms with van der Waals surface area (Å²) in [5.74, 6) is 0.152. The summed E-state index contributed by atoms with van der Waals surface area (Å²) in [5.41, 5.74) is 1.27. The maximum atomic E-state index is 11.6. The summed E-state index contributed by atoms with van der Waals surface area (Å²) < 4.78 is 0. The molecule has 0 bridgehead atoms. The second kappa shape index (κ2) is 11.3. The van der Waals surface area contributed by atoms with E-state index in [0.29, 0.717) is 6.42 Å². The zero-order chi connectivity index (χ0) is 14.5. The molecule has 0 fully saturated rings. The molecule has 0 spiro atoms. The van der Waals surface area contributed by atoms with E-state index >= 15 is 0 Å². The topological polar surface area (TPSA) is 29.1 Å². The highest BCUT2D eigenvalue weighted by Crippen LogP contribution is 2.01. The first kappa shape index (κ1) is 16.5. The monoisotopic (exact) mass is 273 g/mol. The molecular weight excluding hydrogens is 246 g/mol. The molecule has 20 heavy (non-hydrogen) atoms. The molecule has 0 radical (unpaired) electrons. The van der Waals surface area contributed by atoms with Crippen LogP contribution in [0.5, 0.6) is 0 Å². The van der Waals surface area contributed by atoms with Crippen LogP contribution in [0.2, 0.25) is 0 Å². The van der Waals surface area contributed by atoms with Crippen LogP contribution in [0, 0.1) is 0 Å². The zero-order valence-electron chi connectivity index (χ0n) is 12.6. The van der Waals surface area contributed by atoms with Crippen molar-refractivity contribution in [3.8, 4) is 0 Å². The summed E-state index contributed by atoms with van der Waals surface area (Å²) in [6.45, 7) is 2.94. The quantitative estimate of drug-likeness (QED) is 0.501. The molecule has 0 unspecified atom stereocenters. The number of allylic oxidation sites excluding steroid dienone is 2. The van der Waals surface area contributed by atoms with Gasteiger partial charge in [0, 0.05) is 13.0 Å². The Kier molecular flexibility index (Phi) is 9.29. The van der Waals surface area contributed by atoms with Gasteiger partial charge in [-0.3, -0.25) is 4.79 Å². The summed E-state index contributed by atoms with van der Waals surface area (Å²) in [7, 11) is 0. The lowest BCUT2D eigenvalue weighted by Gasteiger charge is -2.04. The van der Waals surface area contributed by atoms with Crippen molar-refractivity contribution in [2.75, 3.05) is 6.54 Å². The Morgan fingerprint density at radius 1 is 1.10 bits per heavy atom. The van der Waals surface area contributed by atoms with E-state index in [1.807, 2.05) is 18.2 Å². The highest BCUT2D eigenvalue weighted by atomic mass is 16.1. The van der Waals surface area contributed by atoms with Gasteiger partial charge < -0.3 is 5.32 Å². The minimum atomic E-state index is 0.152. The Morgan fingerprint density at radius 3 is 2.60 bits per heavy atom. The van der Waals surface area contributed by atoms with E-state index in [2.05, 4.69) is 36.5 Å². The fraction of sp³-hybridized carbons (Fsp3) is 0.500. The molecule has 110 valence electrons. The molecule has 0 heterocycles. The average molecular weight is 273 g/mol. The Morgan fingerprint density at radius 2 is 1.85 bits per heavy atom. The third-order valence-corrected chi connectivity index (χ3v) is 3.26. The first-order valence-electron chi connectivity index (χ1n) is 7.78. The minimum absolute atomic E-state index is 0.152. The zero-order valence-corrected chi connectivity index (χ0v) is 12.6. The molecule has 1 aromatic rings. The van der Waals surface area contributed by atoms with Gasteiger partial charge in [0.1, 0.15) is 0 Å². The molecule has 0 aromatic heterocycles. The van der Waals surface area contributed by atoms with Gasteiger partial charge in [0.25, 0.3) is 0 Å². The third kappa shape index (κ3) is 8.52. The van der Waals surface area contributed by atoms with Crippen molar-refractivity contribution in [2.24, 2.45) is 0 Å². The number of amides is 1. The highest BCUT2D eigenvalue weighted by molar-refractivity contribution is 5.75. The molecule has 0 aliphatic rings. The van der Waals surface area contributed by atoms with Crippen LogP contribution in [0.4, 0.5) is 0 Å². The normalized spacial score (nSPS) is 10.8. The van der Waals surface area contributed by atoms with Crippen LogP contribution >= 0.6 is 0 Å². The van der Waals surface area contributed by atoms with E-state index < -0.39 is 0 Å². The van der Waals surface area contributed by atoms with Crippen LogP contribution in [0.25, 0.3) is 0 Å². The number of rotatable bonds is 10. The molecule has 2 nitrogen and oxygen atoms in total. The second-order valence-corrected chi connectivity index (χ2v) is 5.09. The third-order valence-electron chi connectivity index (χ3n) is 3.26. The van der Waals surface area contributed by atoms with Crippen LogP contribution in [0.1, 0.15) is 51.0 Å². The maximum absolute atomic E-state index is 11.6. The largest absolute Gasteiger partial charge is 0.356 e. The fourth-order valence-electron chi connectivity index (χ4n) is 2.04. The van der Waals surface area contributed by atoms with Crippen LogP contribution in [-0.4, -0.2) is 12.5 Å². The van der Waals surface area contributed by atoms with Crippen LogP contribution in [0.15, 0.2) is 42.5 Å². The SMILES string of the molecule is CCCCC/C=C\CCC(=O)NCCc1ccccc1. The number of hydrogen-bond acceptors (Lipinski definition) is 1. The van der Waals surface area contributed by atoms with Crippen molar-refractivity contribution < 1.29 is 4.79 Å². The highest BCUT2D eigenvalue weighted by Gasteiger charge is 1.98. The van der Waals surface area contributed by atoms with E-state index in [4.69, 9.17) is 0 Å². The van der Waals surface area contributed by atoms with Crippen molar-refractivity contribution in [3.63, 3.8) is 0 Å². The molecule has 1 N–H and O–H groups in total. The van der Waals surface area contributed by atoms with Gasteiger partial charge in [-0.15, -0.1) is 0 Å². The van der Waals surface area contributed by atoms with Crippen LogP contribution in [0.3, 0.4) is 0 Å². The van der Waals surface area contributed by atoms with Gasteiger partial charge in [0.05, 0.1) is 0 Å². The fourth-order valence-corrected chi connectivity index (χ4v) is 2.04. The van der Waals surface area contributed by atoms with Crippen molar-refractivity contribution in [1.82, 2.24) is 5.32 Å². The number of unbranched alkanes of at least 4 members (excludes halogenated alkanes) is 3. The Labute approximate surface area is 123 Å². The molecule has 1 rings (SSSR count). The van der Waals surface area contributed by atoms with Gasteiger partial charge in [0.2, 0.25) is 5.91 Å². The standard InChI is InChI=1S/C18H27NO/c1-2-3-4-5-6-7-11-14-18(20)19-16-15-17-12-9-8-10-13-17/h6-10,12-13H,2-5,11,14-16H2,1H3,(H,19,20)/b7-6-. The van der Waals surface area contributed by atoms with E-state index in [0.717, 1.165) is 25.8 Å². The Bertz CT molecular complexity index is 384. The molecule has 0 aliphatic heterocycles. The summed E-state index contributed by atoms with van der Waals surface area (Å²) in [5, 5.41) is 2.97. The van der Waals surface area contributed by atoms with E-state index in [-0.39, 0.29) is 5.91 Å². The molecule has 2 heteroatoms. The summed E-state index contributed by atoms with van der Waals surface area (Å²) in [4.78, 5) is 11.6. The molecular formula is C18H27NO. The van der Waals surface area contributed by atoms with Crippen molar-refractivity contribution >= 4 is 5.91 Å². The predicted molar refractivity (Wildman–Crippen MR) is 85.7 cm³/mol. The van der Waals surface area contributed by atoms with Gasteiger partial charge >= 0.3 is 0 Å². The van der Waals surface area contributed by atoms with E-state index in [9.17, 15) is 4.79 Å². The van der Waals surface area contributed by atoms with Crippen LogP contribution in [-0.2, 0) is 11.2 Å². The molecule has 0 saturated heterocycles. The predicted octanol–water partition coefficient (Wildman–Crippen LogP) is 4.26. The lowest BCUT2D eigenvalue weighted by Crippen LogP contribution is -2.25. The van der Waals surface area contributed by atoms with Gasteiger partial charge in [-0.05, 0) is 31.2 Å². The van der Waals surface area contributed by atoms with E-state index in [1.54, 1.807) is 0 Å². The number of hydrogen-bond donors (Lipinski definition) is 1. The number of benzene rings is 1. The molecule has 0 aliphatic carbocycles. The smallest absolute Gasteiger partial charge is 0.220 e. The molecule has 1 amide bonds. The first-order valence-corrected chi connectivity index (χ1v) is 7.78. The second-order valence-electron chi connectivity index (χ2n) is 5.09. The average Bonchev–Trinajstić information content (AvgIpc) is 2.47. The number of carbonyl (C=O) groups is 1. The van der Waals surface area contributed by atoms with E-state index in [1.165, 1.54) is 24.8 Å². The minimum Gasteiger partial charge on any atom is -0.356 e. The summed E-state index contributed by atoms with van der Waals surface area (Å²) in [6, 6.07) is 10.2. The molecule has 1 aromatic carbocycles. The maximum Gasteiger partial charge on any atom is 0.220 e. The Balaban J connectivity index is 2.00. The molecule has 0 atom stereocenters. The Hall–Kier alpha value is -1.57. The van der Waals surface area contributed by atoms with Gasteiger partial charge in [-0.25, -0.2) is 0 Å². The summed E-state index contributed by atoms with van der Waals surface area (Å²) >= 11 is 0. The van der Waals surface area contributed by atoms with Crippen LogP contribution < -0.4 is 5.32 Å². The van der Waals surface area contributed by atoms with Gasteiger partial charge in [0.15, 0.2) is 0 Å². The van der Waals surface area contributed by atoms with Crippen molar-refractivity contribution in [2.45, 2.75) is 51.9 Å².